The van der Waals surface area contributed by atoms with Gasteiger partial charge in [-0.05, 0) is 56.8 Å². The van der Waals surface area contributed by atoms with Crippen molar-refractivity contribution in [3.63, 3.8) is 0 Å². The highest BCUT2D eigenvalue weighted by Gasteiger charge is 2.42. The van der Waals surface area contributed by atoms with E-state index in [1.54, 1.807) is 0 Å². The smallest absolute Gasteiger partial charge is 0.248 e. The first-order chi connectivity index (χ1) is 13.1. The first kappa shape index (κ1) is 22.8. The van der Waals surface area contributed by atoms with Gasteiger partial charge in [-0.15, -0.1) is 24.0 Å². The highest BCUT2D eigenvalue weighted by Crippen LogP contribution is 2.29. The molecule has 2 saturated heterocycles. The number of piperidine rings is 2. The van der Waals surface area contributed by atoms with Crippen molar-refractivity contribution in [3.8, 4) is 0 Å². The third-order valence-corrected chi connectivity index (χ3v) is 5.88. The fraction of sp³-hybridized carbons (Fsp3) is 0.600. The van der Waals surface area contributed by atoms with E-state index in [0.717, 1.165) is 57.5 Å². The standard InChI is InChI=1S/C20H29ClN4O2.ClH/c21-14-18(26)23-15-16-6-12-25(13-7-16)19(27)20(8-10-22-11-9-20)24-17-4-2-1-3-5-17;/h1-5,16,22,24H,6-15H2,(H,23,26);1H. The fourth-order valence-electron chi connectivity index (χ4n) is 3.99. The van der Waals surface area contributed by atoms with Gasteiger partial charge in [-0.25, -0.2) is 0 Å². The van der Waals surface area contributed by atoms with Crippen LogP contribution < -0.4 is 16.0 Å². The maximum absolute atomic E-state index is 13.4. The number of benzene rings is 1. The first-order valence-corrected chi connectivity index (χ1v) is 10.3. The number of likely N-dealkylation sites (tertiary alicyclic amines) is 1. The summed E-state index contributed by atoms with van der Waals surface area (Å²) in [6, 6.07) is 9.99. The number of hydrogen-bond acceptors (Lipinski definition) is 4. The van der Waals surface area contributed by atoms with Crippen molar-refractivity contribution < 1.29 is 9.59 Å². The van der Waals surface area contributed by atoms with Gasteiger partial charge in [0.2, 0.25) is 11.8 Å². The minimum atomic E-state index is -0.535. The number of rotatable bonds is 6. The van der Waals surface area contributed by atoms with Gasteiger partial charge in [0.15, 0.2) is 0 Å². The van der Waals surface area contributed by atoms with Crippen LogP contribution in [-0.4, -0.2) is 60.9 Å². The zero-order chi connectivity index (χ0) is 19.1. The van der Waals surface area contributed by atoms with E-state index in [9.17, 15) is 9.59 Å². The maximum Gasteiger partial charge on any atom is 0.248 e. The molecule has 28 heavy (non-hydrogen) atoms. The molecule has 0 saturated carbocycles. The van der Waals surface area contributed by atoms with E-state index in [0.29, 0.717) is 12.5 Å². The molecule has 2 amide bonds. The molecule has 1 aromatic rings. The number of nitrogens with one attached hydrogen (secondary N) is 3. The molecule has 0 atom stereocenters. The van der Waals surface area contributed by atoms with E-state index in [1.807, 2.05) is 35.2 Å². The molecule has 156 valence electrons. The molecule has 1 aromatic carbocycles. The van der Waals surface area contributed by atoms with Crippen LogP contribution in [0.5, 0.6) is 0 Å². The lowest BCUT2D eigenvalue weighted by molar-refractivity contribution is -0.138. The van der Waals surface area contributed by atoms with Crippen molar-refractivity contribution in [1.82, 2.24) is 15.5 Å². The summed E-state index contributed by atoms with van der Waals surface area (Å²) in [5.74, 6) is 0.484. The number of hydrogen-bond donors (Lipinski definition) is 3. The van der Waals surface area contributed by atoms with Crippen LogP contribution in [0, 0.1) is 5.92 Å². The molecule has 0 aromatic heterocycles. The van der Waals surface area contributed by atoms with Crippen LogP contribution in [0.3, 0.4) is 0 Å². The number of halogens is 2. The lowest BCUT2D eigenvalue weighted by Crippen LogP contribution is -2.60. The Morgan fingerprint density at radius 2 is 1.79 bits per heavy atom. The van der Waals surface area contributed by atoms with Gasteiger partial charge in [0.05, 0.1) is 0 Å². The largest absolute Gasteiger partial charge is 0.371 e. The number of anilines is 1. The van der Waals surface area contributed by atoms with Crippen molar-refractivity contribution in [2.45, 2.75) is 31.2 Å². The molecule has 0 unspecified atom stereocenters. The highest BCUT2D eigenvalue weighted by atomic mass is 35.5. The summed E-state index contributed by atoms with van der Waals surface area (Å²) in [6.07, 6.45) is 3.39. The van der Waals surface area contributed by atoms with Gasteiger partial charge in [0.25, 0.3) is 0 Å². The first-order valence-electron chi connectivity index (χ1n) is 9.79. The molecule has 0 aliphatic carbocycles. The predicted molar refractivity (Wildman–Crippen MR) is 115 cm³/mol. The van der Waals surface area contributed by atoms with Gasteiger partial charge in [0, 0.05) is 25.3 Å². The van der Waals surface area contributed by atoms with Gasteiger partial charge < -0.3 is 20.9 Å². The molecule has 6 nitrogen and oxygen atoms in total. The molecular formula is C20H30Cl2N4O2. The molecule has 0 spiro atoms. The lowest BCUT2D eigenvalue weighted by atomic mass is 9.85. The van der Waals surface area contributed by atoms with E-state index < -0.39 is 5.54 Å². The summed E-state index contributed by atoms with van der Waals surface area (Å²) in [5, 5.41) is 9.76. The third kappa shape index (κ3) is 5.75. The quantitative estimate of drug-likeness (QED) is 0.607. The average Bonchev–Trinajstić information content (AvgIpc) is 2.73. The SMILES string of the molecule is Cl.O=C(CCl)NCC1CCN(C(=O)C2(Nc3ccccc3)CCNCC2)CC1. The molecule has 0 bridgehead atoms. The van der Waals surface area contributed by atoms with E-state index in [4.69, 9.17) is 11.6 Å². The van der Waals surface area contributed by atoms with E-state index in [-0.39, 0.29) is 30.1 Å². The summed E-state index contributed by atoms with van der Waals surface area (Å²) in [7, 11) is 0. The minimum absolute atomic E-state index is 0. The number of para-hydroxylation sites is 1. The van der Waals surface area contributed by atoms with E-state index in [1.165, 1.54) is 0 Å². The van der Waals surface area contributed by atoms with Gasteiger partial charge in [-0.1, -0.05) is 18.2 Å². The van der Waals surface area contributed by atoms with E-state index >= 15 is 0 Å². The Morgan fingerprint density at radius 1 is 1.14 bits per heavy atom. The van der Waals surface area contributed by atoms with Gasteiger partial charge in [0.1, 0.15) is 11.4 Å². The van der Waals surface area contributed by atoms with Crippen LogP contribution in [0.25, 0.3) is 0 Å². The van der Waals surface area contributed by atoms with Crippen LogP contribution in [0.15, 0.2) is 30.3 Å². The Labute approximate surface area is 178 Å². The number of carbonyl (C=O) groups excluding carboxylic acids is 2. The van der Waals surface area contributed by atoms with Gasteiger partial charge in [-0.2, -0.15) is 0 Å². The van der Waals surface area contributed by atoms with Crippen LogP contribution >= 0.6 is 24.0 Å². The molecule has 2 fully saturated rings. The fourth-order valence-corrected chi connectivity index (χ4v) is 4.09. The predicted octanol–water partition coefficient (Wildman–Crippen LogP) is 2.24. The summed E-state index contributed by atoms with van der Waals surface area (Å²) < 4.78 is 0. The van der Waals surface area contributed by atoms with Gasteiger partial charge in [-0.3, -0.25) is 9.59 Å². The van der Waals surface area contributed by atoms with Crippen molar-refractivity contribution >= 4 is 41.5 Å². The average molecular weight is 429 g/mol. The topological polar surface area (TPSA) is 73.5 Å². The molecule has 0 radical (unpaired) electrons. The molecule has 2 aliphatic heterocycles. The lowest BCUT2D eigenvalue weighted by Gasteiger charge is -2.43. The zero-order valence-corrected chi connectivity index (χ0v) is 17.7. The van der Waals surface area contributed by atoms with E-state index in [2.05, 4.69) is 16.0 Å². The summed E-state index contributed by atoms with van der Waals surface area (Å²) >= 11 is 5.53. The summed E-state index contributed by atoms with van der Waals surface area (Å²) in [5.41, 5.74) is 0.457. The molecular weight excluding hydrogens is 399 g/mol. The second-order valence-corrected chi connectivity index (χ2v) is 7.76. The normalized spacial score (nSPS) is 19.4. The summed E-state index contributed by atoms with van der Waals surface area (Å²) in [6.45, 7) is 3.81. The molecule has 3 N–H and O–H groups in total. The Bertz CT molecular complexity index is 630. The molecule has 3 rings (SSSR count). The monoisotopic (exact) mass is 428 g/mol. The Balaban J connectivity index is 0.00000280. The Morgan fingerprint density at radius 3 is 2.39 bits per heavy atom. The zero-order valence-electron chi connectivity index (χ0n) is 16.1. The van der Waals surface area contributed by atoms with Crippen molar-refractivity contribution in [2.24, 2.45) is 5.92 Å². The third-order valence-electron chi connectivity index (χ3n) is 5.63. The van der Waals surface area contributed by atoms with Crippen molar-refractivity contribution in [3.05, 3.63) is 30.3 Å². The Hall–Kier alpha value is -1.50. The number of carbonyl (C=O) groups is 2. The number of alkyl halides is 1. The van der Waals surface area contributed by atoms with Crippen LogP contribution in [0.4, 0.5) is 5.69 Å². The number of nitrogens with zero attached hydrogens (tertiary/aromatic N) is 1. The summed E-state index contributed by atoms with van der Waals surface area (Å²) in [4.78, 5) is 26.8. The van der Waals surface area contributed by atoms with Gasteiger partial charge >= 0.3 is 0 Å². The van der Waals surface area contributed by atoms with Crippen molar-refractivity contribution in [2.75, 3.05) is 43.9 Å². The maximum atomic E-state index is 13.4. The van der Waals surface area contributed by atoms with Crippen LogP contribution in [-0.2, 0) is 9.59 Å². The molecule has 8 heteroatoms. The number of amides is 2. The Kier molecular flexibility index (Phi) is 8.86. The van der Waals surface area contributed by atoms with Crippen LogP contribution in [0.1, 0.15) is 25.7 Å². The molecule has 2 aliphatic rings. The highest BCUT2D eigenvalue weighted by molar-refractivity contribution is 6.27. The minimum Gasteiger partial charge on any atom is -0.371 e. The second-order valence-electron chi connectivity index (χ2n) is 7.50. The van der Waals surface area contributed by atoms with Crippen LogP contribution in [0.2, 0.25) is 0 Å². The van der Waals surface area contributed by atoms with Crippen molar-refractivity contribution in [1.29, 1.82) is 0 Å². The second kappa shape index (κ2) is 10.9. The molecule has 2 heterocycles.